The van der Waals surface area contributed by atoms with Crippen LogP contribution < -0.4 is 10.1 Å². The molecular formula is C21H22ClNO4. The first-order valence-electron chi connectivity index (χ1n) is 9.08. The van der Waals surface area contributed by atoms with Crippen molar-refractivity contribution < 1.29 is 19.1 Å². The average molecular weight is 388 g/mol. The number of amides is 1. The fourth-order valence-corrected chi connectivity index (χ4v) is 3.38. The van der Waals surface area contributed by atoms with E-state index in [1.54, 1.807) is 19.1 Å². The summed E-state index contributed by atoms with van der Waals surface area (Å²) in [6, 6.07) is 10.7. The minimum Gasteiger partial charge on any atom is -0.483 e. The van der Waals surface area contributed by atoms with Gasteiger partial charge in [-0.05, 0) is 68.0 Å². The van der Waals surface area contributed by atoms with E-state index in [0.717, 1.165) is 25.0 Å². The summed E-state index contributed by atoms with van der Waals surface area (Å²) in [5, 5.41) is 3.00. The maximum absolute atomic E-state index is 12.3. The van der Waals surface area contributed by atoms with Gasteiger partial charge < -0.3 is 14.8 Å². The topological polar surface area (TPSA) is 64.6 Å². The van der Waals surface area contributed by atoms with E-state index in [9.17, 15) is 9.59 Å². The summed E-state index contributed by atoms with van der Waals surface area (Å²) in [5.41, 5.74) is 3.18. The summed E-state index contributed by atoms with van der Waals surface area (Å²) >= 11 is 6.03. The van der Waals surface area contributed by atoms with Crippen molar-refractivity contribution in [3.8, 4) is 5.75 Å². The Morgan fingerprint density at radius 2 is 1.96 bits per heavy atom. The molecule has 0 radical (unpaired) electrons. The molecule has 3 rings (SSSR count). The molecule has 1 aliphatic carbocycles. The smallest absolute Gasteiger partial charge is 0.339 e. The normalized spacial score (nSPS) is 12.8. The highest BCUT2D eigenvalue weighted by molar-refractivity contribution is 6.33. The van der Waals surface area contributed by atoms with Crippen LogP contribution in [0.5, 0.6) is 5.75 Å². The molecule has 1 aliphatic rings. The van der Waals surface area contributed by atoms with Crippen LogP contribution in [-0.4, -0.2) is 25.1 Å². The Balaban J connectivity index is 1.63. The van der Waals surface area contributed by atoms with Crippen molar-refractivity contribution in [2.24, 2.45) is 0 Å². The summed E-state index contributed by atoms with van der Waals surface area (Å²) in [4.78, 5) is 24.2. The standard InChI is InChI=1S/C21H22ClNO4/c1-2-26-21(25)17-12-15(10-11-18(17)22)23-20(24)13-27-19-9-5-7-14-6-3-4-8-16(14)19/h5,7,9-12H,2-4,6,8,13H2,1H3,(H,23,24). The minimum absolute atomic E-state index is 0.103. The van der Waals surface area contributed by atoms with Crippen molar-refractivity contribution >= 4 is 29.2 Å². The second kappa shape index (κ2) is 8.91. The molecule has 2 aromatic carbocycles. The fraction of sp³-hybridized carbons (Fsp3) is 0.333. The van der Waals surface area contributed by atoms with Gasteiger partial charge in [-0.3, -0.25) is 4.79 Å². The van der Waals surface area contributed by atoms with Crippen LogP contribution in [0.1, 0.15) is 41.3 Å². The fourth-order valence-electron chi connectivity index (χ4n) is 3.19. The Labute approximate surface area is 163 Å². The number of ether oxygens (including phenoxy) is 2. The van der Waals surface area contributed by atoms with E-state index in [4.69, 9.17) is 21.1 Å². The van der Waals surface area contributed by atoms with Crippen molar-refractivity contribution in [1.82, 2.24) is 0 Å². The summed E-state index contributed by atoms with van der Waals surface area (Å²) in [6.45, 7) is 1.87. The van der Waals surface area contributed by atoms with E-state index in [-0.39, 0.29) is 29.7 Å². The number of anilines is 1. The van der Waals surface area contributed by atoms with Crippen molar-refractivity contribution in [3.05, 3.63) is 58.1 Å². The molecule has 0 saturated carbocycles. The predicted octanol–water partition coefficient (Wildman–Crippen LogP) is 4.41. The van der Waals surface area contributed by atoms with E-state index in [1.807, 2.05) is 12.1 Å². The molecular weight excluding hydrogens is 366 g/mol. The molecule has 1 amide bonds. The van der Waals surface area contributed by atoms with Crippen LogP contribution in [0.2, 0.25) is 5.02 Å². The molecule has 2 aromatic rings. The Kier molecular flexibility index (Phi) is 6.35. The highest BCUT2D eigenvalue weighted by Crippen LogP contribution is 2.29. The molecule has 0 aliphatic heterocycles. The number of nitrogens with one attached hydrogen (secondary N) is 1. The third-order valence-corrected chi connectivity index (χ3v) is 4.79. The van der Waals surface area contributed by atoms with E-state index in [2.05, 4.69) is 11.4 Å². The molecule has 0 heterocycles. The zero-order valence-corrected chi connectivity index (χ0v) is 16.0. The lowest BCUT2D eigenvalue weighted by Crippen LogP contribution is -2.21. The summed E-state index contributed by atoms with van der Waals surface area (Å²) in [7, 11) is 0. The molecule has 0 fully saturated rings. The maximum Gasteiger partial charge on any atom is 0.339 e. The van der Waals surface area contributed by atoms with Crippen molar-refractivity contribution in [1.29, 1.82) is 0 Å². The maximum atomic E-state index is 12.3. The highest BCUT2D eigenvalue weighted by atomic mass is 35.5. The van der Waals surface area contributed by atoms with Crippen LogP contribution in [0, 0.1) is 0 Å². The van der Waals surface area contributed by atoms with E-state index in [0.29, 0.717) is 5.69 Å². The molecule has 0 spiro atoms. The number of rotatable bonds is 6. The third-order valence-electron chi connectivity index (χ3n) is 4.46. The summed E-state index contributed by atoms with van der Waals surface area (Å²) < 4.78 is 10.7. The van der Waals surface area contributed by atoms with Gasteiger partial charge in [-0.1, -0.05) is 23.7 Å². The number of hydrogen-bond donors (Lipinski definition) is 1. The van der Waals surface area contributed by atoms with Crippen molar-refractivity contribution in [2.75, 3.05) is 18.5 Å². The Hall–Kier alpha value is -2.53. The van der Waals surface area contributed by atoms with Gasteiger partial charge >= 0.3 is 5.97 Å². The molecule has 5 nitrogen and oxygen atoms in total. The molecule has 1 N–H and O–H groups in total. The molecule has 142 valence electrons. The van der Waals surface area contributed by atoms with Gasteiger partial charge in [-0.2, -0.15) is 0 Å². The van der Waals surface area contributed by atoms with Gasteiger partial charge in [0, 0.05) is 5.69 Å². The van der Waals surface area contributed by atoms with Crippen molar-refractivity contribution in [2.45, 2.75) is 32.6 Å². The number of carbonyl (C=O) groups excluding carboxylic acids is 2. The van der Waals surface area contributed by atoms with Gasteiger partial charge in [0.1, 0.15) is 5.75 Å². The van der Waals surface area contributed by atoms with Gasteiger partial charge in [0.05, 0.1) is 17.2 Å². The lowest BCUT2D eigenvalue weighted by Gasteiger charge is -2.19. The zero-order valence-electron chi connectivity index (χ0n) is 15.2. The third kappa shape index (κ3) is 4.80. The number of aryl methyl sites for hydroxylation is 1. The van der Waals surface area contributed by atoms with Gasteiger partial charge in [-0.25, -0.2) is 4.79 Å². The molecule has 27 heavy (non-hydrogen) atoms. The van der Waals surface area contributed by atoms with Gasteiger partial charge in [0.2, 0.25) is 0 Å². The highest BCUT2D eigenvalue weighted by Gasteiger charge is 2.16. The van der Waals surface area contributed by atoms with Gasteiger partial charge in [0.15, 0.2) is 6.61 Å². The molecule has 6 heteroatoms. The molecule has 0 bridgehead atoms. The van der Waals surface area contributed by atoms with Crippen LogP contribution >= 0.6 is 11.6 Å². The number of halogens is 1. The first-order chi connectivity index (χ1) is 13.1. The lowest BCUT2D eigenvalue weighted by molar-refractivity contribution is -0.118. The molecule has 0 saturated heterocycles. The van der Waals surface area contributed by atoms with E-state index in [1.165, 1.54) is 23.6 Å². The van der Waals surface area contributed by atoms with E-state index < -0.39 is 5.97 Å². The van der Waals surface area contributed by atoms with Crippen LogP contribution in [0.15, 0.2) is 36.4 Å². The number of benzene rings is 2. The van der Waals surface area contributed by atoms with Crippen molar-refractivity contribution in [3.63, 3.8) is 0 Å². The van der Waals surface area contributed by atoms with Crippen LogP contribution in [0.4, 0.5) is 5.69 Å². The second-order valence-corrected chi connectivity index (χ2v) is 6.76. The van der Waals surface area contributed by atoms with Gasteiger partial charge in [0.25, 0.3) is 5.91 Å². The first kappa shape index (κ1) is 19.2. The zero-order chi connectivity index (χ0) is 19.2. The van der Waals surface area contributed by atoms with Gasteiger partial charge in [-0.15, -0.1) is 0 Å². The first-order valence-corrected chi connectivity index (χ1v) is 9.46. The molecule has 0 unspecified atom stereocenters. The second-order valence-electron chi connectivity index (χ2n) is 6.35. The number of carbonyl (C=O) groups is 2. The summed E-state index contributed by atoms with van der Waals surface area (Å²) in [5.74, 6) is -0.0584. The largest absolute Gasteiger partial charge is 0.483 e. The van der Waals surface area contributed by atoms with Crippen LogP contribution in [-0.2, 0) is 22.4 Å². The number of fused-ring (bicyclic) bond motifs is 1. The number of hydrogen-bond acceptors (Lipinski definition) is 4. The summed E-state index contributed by atoms with van der Waals surface area (Å²) in [6.07, 6.45) is 4.37. The molecule has 0 aromatic heterocycles. The monoisotopic (exact) mass is 387 g/mol. The molecule has 0 atom stereocenters. The predicted molar refractivity (Wildman–Crippen MR) is 105 cm³/mol. The van der Waals surface area contributed by atoms with Crippen LogP contribution in [0.3, 0.4) is 0 Å². The average Bonchev–Trinajstić information content (AvgIpc) is 2.68. The Morgan fingerprint density at radius 1 is 1.15 bits per heavy atom. The Morgan fingerprint density at radius 3 is 2.78 bits per heavy atom. The quantitative estimate of drug-likeness (QED) is 0.745. The lowest BCUT2D eigenvalue weighted by atomic mass is 9.91. The minimum atomic E-state index is -0.522. The van der Waals surface area contributed by atoms with E-state index >= 15 is 0 Å². The SMILES string of the molecule is CCOC(=O)c1cc(NC(=O)COc2cccc3c2CCCC3)ccc1Cl. The Bertz CT molecular complexity index is 850. The van der Waals surface area contributed by atoms with Crippen LogP contribution in [0.25, 0.3) is 0 Å². The number of esters is 1.